The van der Waals surface area contributed by atoms with Crippen LogP contribution in [0.4, 0.5) is 49.1 Å². The highest BCUT2D eigenvalue weighted by molar-refractivity contribution is 9.10. The van der Waals surface area contributed by atoms with Crippen molar-refractivity contribution in [1.82, 2.24) is 9.13 Å². The number of rotatable bonds is 11. The van der Waals surface area contributed by atoms with Crippen molar-refractivity contribution >= 4 is 40.1 Å². The minimum atomic E-state index is -4.68. The summed E-state index contributed by atoms with van der Waals surface area (Å²) >= 11 is 3.23. The van der Waals surface area contributed by atoms with Gasteiger partial charge >= 0.3 is 42.7 Å². The van der Waals surface area contributed by atoms with Crippen LogP contribution in [-0.2, 0) is 58.4 Å². The number of esters is 2. The van der Waals surface area contributed by atoms with Gasteiger partial charge in [0.1, 0.15) is 22.0 Å². The molecule has 0 N–H and O–H groups in total. The first-order chi connectivity index (χ1) is 28.8. The Morgan fingerprint density at radius 1 is 0.619 bits per heavy atom. The first-order valence-electron chi connectivity index (χ1n) is 20.1. The van der Waals surface area contributed by atoms with Gasteiger partial charge in [0, 0.05) is 24.2 Å². The highest BCUT2D eigenvalue weighted by Gasteiger charge is 2.67. The van der Waals surface area contributed by atoms with Crippen molar-refractivity contribution in [2.75, 3.05) is 13.2 Å². The largest absolute Gasteiger partial charge is 0.466 e. The smallest absolute Gasteiger partial charge is 0.419 e. The van der Waals surface area contributed by atoms with Gasteiger partial charge in [0.05, 0.1) is 29.1 Å². The maximum absolute atomic E-state index is 14.1. The second-order valence-corrected chi connectivity index (χ2v) is 18.0. The number of carbonyl (C=O) groups excluding carboxylic acids is 4. The third-order valence-corrected chi connectivity index (χ3v) is 11.0. The number of ether oxygens (including phenoxy) is 4. The van der Waals surface area contributed by atoms with Gasteiger partial charge in [0.15, 0.2) is 0 Å². The number of nitrogens with zero attached hydrogens (tertiary/aromatic N) is 2. The van der Waals surface area contributed by atoms with Crippen molar-refractivity contribution in [1.29, 1.82) is 0 Å². The fraction of sp³-hybridized carbons (Fsp3) is 0.581. The van der Waals surface area contributed by atoms with Crippen LogP contribution in [0.1, 0.15) is 122 Å². The monoisotopic (exact) mass is 972 g/mol. The molecule has 2 saturated carbocycles. The minimum Gasteiger partial charge on any atom is -0.466 e. The zero-order valence-corrected chi connectivity index (χ0v) is 37.6. The molecule has 0 spiro atoms. The second-order valence-electron chi connectivity index (χ2n) is 17.2. The zero-order valence-electron chi connectivity index (χ0n) is 36.0. The van der Waals surface area contributed by atoms with Gasteiger partial charge in [0.2, 0.25) is 0 Å². The summed E-state index contributed by atoms with van der Waals surface area (Å²) < 4.78 is 145. The van der Waals surface area contributed by atoms with E-state index in [4.69, 9.17) is 18.9 Å². The summed E-state index contributed by atoms with van der Waals surface area (Å²) in [5, 5.41) is 0. The van der Waals surface area contributed by atoms with E-state index in [9.17, 15) is 58.7 Å². The summed E-state index contributed by atoms with van der Waals surface area (Å²) in [5.74, 6) is -1.05. The molecule has 2 aliphatic rings. The van der Waals surface area contributed by atoms with E-state index in [1.807, 2.05) is 0 Å². The highest BCUT2D eigenvalue weighted by atomic mass is 79.9. The summed E-state index contributed by atoms with van der Waals surface area (Å²) in [6.07, 6.45) is -16.6. The molecule has 63 heavy (non-hydrogen) atoms. The molecule has 0 aliphatic heterocycles. The normalized spacial score (nSPS) is 15.8. The van der Waals surface area contributed by atoms with E-state index < -0.39 is 70.2 Å². The number of alkyl halides is 9. The van der Waals surface area contributed by atoms with E-state index in [1.54, 1.807) is 55.4 Å². The van der Waals surface area contributed by atoms with Gasteiger partial charge < -0.3 is 18.9 Å². The molecule has 0 radical (unpaired) electrons. The SMILES string of the molecule is CCOC(=O)CCc1cc(C2(C(F)(F)F)CC2)n(C(=O)OC(C)(C)C)c1-c1ccc(C(F)(F)F)cc1.CCOC(=O)CCc1cc(C2(C(F)(F)F)CC2)n(C(=O)OC(C)(C)C)c1Br. The van der Waals surface area contributed by atoms with Gasteiger partial charge in [-0.15, -0.1) is 0 Å². The average Bonchev–Trinajstić information content (AvgIpc) is 4.05. The second kappa shape index (κ2) is 18.5. The number of benzene rings is 1. The van der Waals surface area contributed by atoms with E-state index in [0.29, 0.717) is 5.56 Å². The van der Waals surface area contributed by atoms with Crippen molar-refractivity contribution in [2.45, 2.75) is 147 Å². The molecule has 0 atom stereocenters. The van der Waals surface area contributed by atoms with Crippen LogP contribution in [0.2, 0.25) is 0 Å². The maximum Gasteiger partial charge on any atom is 0.419 e. The van der Waals surface area contributed by atoms with E-state index in [2.05, 4.69) is 15.9 Å². The van der Waals surface area contributed by atoms with Gasteiger partial charge in [-0.25, -0.2) is 18.7 Å². The van der Waals surface area contributed by atoms with Gasteiger partial charge in [-0.3, -0.25) is 9.59 Å². The molecule has 2 aliphatic carbocycles. The molecule has 10 nitrogen and oxygen atoms in total. The predicted molar refractivity (Wildman–Crippen MR) is 214 cm³/mol. The summed E-state index contributed by atoms with van der Waals surface area (Å²) in [7, 11) is 0. The molecule has 2 fully saturated rings. The number of carbonyl (C=O) groups is 4. The van der Waals surface area contributed by atoms with E-state index in [1.165, 1.54) is 12.1 Å². The maximum atomic E-state index is 14.1. The topological polar surface area (TPSA) is 115 Å². The van der Waals surface area contributed by atoms with Gasteiger partial charge in [-0.05, 0) is 151 Å². The Balaban J connectivity index is 0.000000288. The number of aryl methyl sites for hydroxylation is 2. The Hall–Kier alpha value is -4.49. The van der Waals surface area contributed by atoms with Crippen LogP contribution in [0.3, 0.4) is 0 Å². The Morgan fingerprint density at radius 3 is 1.37 bits per heavy atom. The molecule has 3 aromatic rings. The molecule has 0 amide bonds. The standard InChI is InChI=1S/C25H27F6NO4.C18H23BrF3NO4/c1-5-35-19(33)11-8-16-14-18(23(12-13-23)25(29,30)31)32(21(34)36-22(2,3)4)20(16)15-6-9-17(10-7-15)24(26,27)28;1-5-26-13(24)7-6-11-10-12(17(8-9-17)18(20,21)22)23(14(11)19)15(25)27-16(2,3)4/h6-7,9-10,14H,5,8,11-13H2,1-4H3;10H,5-9H2,1-4H3. The average molecular weight is 974 g/mol. The van der Waals surface area contributed by atoms with Crippen molar-refractivity contribution < 1.29 is 77.6 Å². The molecule has 0 unspecified atom stereocenters. The van der Waals surface area contributed by atoms with Gasteiger partial charge in [-0.1, -0.05) is 12.1 Å². The van der Waals surface area contributed by atoms with Crippen LogP contribution in [0.5, 0.6) is 0 Å². The molecule has 5 rings (SSSR count). The molecule has 2 heterocycles. The van der Waals surface area contributed by atoms with Crippen LogP contribution < -0.4 is 0 Å². The van der Waals surface area contributed by atoms with Crippen molar-refractivity contribution in [3.05, 3.63) is 69.1 Å². The molecule has 0 bridgehead atoms. The van der Waals surface area contributed by atoms with Crippen LogP contribution >= 0.6 is 15.9 Å². The number of hydrogen-bond donors (Lipinski definition) is 0. The van der Waals surface area contributed by atoms with E-state index in [-0.39, 0.29) is 97.4 Å². The number of hydrogen-bond acceptors (Lipinski definition) is 8. The fourth-order valence-corrected chi connectivity index (χ4v) is 7.49. The molecule has 0 saturated heterocycles. The lowest BCUT2D eigenvalue weighted by Gasteiger charge is -2.25. The van der Waals surface area contributed by atoms with Gasteiger partial charge in [-0.2, -0.15) is 39.5 Å². The highest BCUT2D eigenvalue weighted by Crippen LogP contribution is 2.61. The lowest BCUT2D eigenvalue weighted by Crippen LogP contribution is -2.35. The van der Waals surface area contributed by atoms with Gasteiger partial charge in [0.25, 0.3) is 0 Å². The first kappa shape index (κ1) is 51.1. The minimum absolute atomic E-state index is 0.00320. The number of halogens is 10. The lowest BCUT2D eigenvalue weighted by atomic mass is 10.00. The number of aromatic nitrogens is 2. The molecule has 2 aromatic heterocycles. The fourth-order valence-electron chi connectivity index (χ4n) is 6.84. The Bertz CT molecular complexity index is 2150. The summed E-state index contributed by atoms with van der Waals surface area (Å²) in [6, 6.07) is 6.29. The predicted octanol–water partition coefficient (Wildman–Crippen LogP) is 12.2. The van der Waals surface area contributed by atoms with Crippen LogP contribution in [0.15, 0.2) is 41.0 Å². The molecular weight excluding hydrogens is 923 g/mol. The quantitative estimate of drug-likeness (QED) is 0.106. The van der Waals surface area contributed by atoms with Crippen LogP contribution in [0, 0.1) is 0 Å². The van der Waals surface area contributed by atoms with Crippen LogP contribution in [-0.4, -0.2) is 70.0 Å². The lowest BCUT2D eigenvalue weighted by molar-refractivity contribution is -0.162. The van der Waals surface area contributed by atoms with Crippen molar-refractivity contribution in [3.8, 4) is 11.3 Å². The third-order valence-electron chi connectivity index (χ3n) is 10.1. The molecule has 1 aromatic carbocycles. The molecule has 20 heteroatoms. The third kappa shape index (κ3) is 12.0. The Labute approximate surface area is 366 Å². The molecule has 350 valence electrons. The summed E-state index contributed by atoms with van der Waals surface area (Å²) in [5.41, 5.74) is -7.10. The molecular formula is C43H50BrF9N2O8. The first-order valence-corrected chi connectivity index (χ1v) is 20.9. The van der Waals surface area contributed by atoms with E-state index >= 15 is 0 Å². The Kier molecular flexibility index (Phi) is 15.1. The zero-order chi connectivity index (χ0) is 47.7. The van der Waals surface area contributed by atoms with Crippen LogP contribution in [0.25, 0.3) is 11.3 Å². The van der Waals surface area contributed by atoms with Crippen molar-refractivity contribution in [3.63, 3.8) is 0 Å². The van der Waals surface area contributed by atoms with E-state index in [0.717, 1.165) is 33.4 Å². The summed E-state index contributed by atoms with van der Waals surface area (Å²) in [4.78, 5) is 49.4. The summed E-state index contributed by atoms with van der Waals surface area (Å²) in [6.45, 7) is 13.2. The Morgan fingerprint density at radius 2 is 1.00 bits per heavy atom. The van der Waals surface area contributed by atoms with Crippen molar-refractivity contribution in [2.24, 2.45) is 0 Å².